The number of hydrogen-bond donors (Lipinski definition) is 1. The summed E-state index contributed by atoms with van der Waals surface area (Å²) in [4.78, 5) is 18.0. The second-order valence-electron chi connectivity index (χ2n) is 5.63. The number of para-hydroxylation sites is 1. The molecule has 0 saturated heterocycles. The van der Waals surface area contributed by atoms with E-state index in [1.807, 2.05) is 54.0 Å². The fourth-order valence-corrected chi connectivity index (χ4v) is 3.16. The summed E-state index contributed by atoms with van der Waals surface area (Å²) >= 11 is 1.64. The molecule has 128 valence electrons. The monoisotopic (exact) mass is 361 g/mol. The number of hydrogen-bond acceptors (Lipinski definition) is 5. The first kappa shape index (κ1) is 16.2. The van der Waals surface area contributed by atoms with Gasteiger partial charge < -0.3 is 5.32 Å². The lowest BCUT2D eigenvalue weighted by Gasteiger charge is -2.05. The molecule has 0 saturated carbocycles. The van der Waals surface area contributed by atoms with Crippen LogP contribution in [0.3, 0.4) is 0 Å². The van der Waals surface area contributed by atoms with Crippen molar-refractivity contribution in [3.63, 3.8) is 0 Å². The van der Waals surface area contributed by atoms with Crippen LogP contribution >= 0.6 is 11.3 Å². The van der Waals surface area contributed by atoms with Gasteiger partial charge in [-0.15, -0.1) is 5.10 Å². The van der Waals surface area contributed by atoms with E-state index < -0.39 is 0 Å². The maximum absolute atomic E-state index is 12.3. The van der Waals surface area contributed by atoms with Crippen LogP contribution in [0.25, 0.3) is 16.8 Å². The van der Waals surface area contributed by atoms with E-state index in [0.717, 1.165) is 22.4 Å². The number of carbonyl (C=O) groups excluding carboxylic acids is 1. The van der Waals surface area contributed by atoms with Crippen LogP contribution in [0.15, 0.2) is 71.8 Å². The highest BCUT2D eigenvalue weighted by atomic mass is 32.1. The molecule has 1 aromatic carbocycles. The molecule has 26 heavy (non-hydrogen) atoms. The van der Waals surface area contributed by atoms with E-state index in [-0.39, 0.29) is 11.6 Å². The summed E-state index contributed by atoms with van der Waals surface area (Å²) in [6.07, 6.45) is 5.03. The van der Waals surface area contributed by atoms with Crippen molar-refractivity contribution >= 4 is 17.2 Å². The SMILES string of the molecule is O=C(NCc1cncc(-c2ccsc2)c1)c1cnn(-c2ccccc2)n1. The van der Waals surface area contributed by atoms with E-state index in [0.29, 0.717) is 6.54 Å². The molecule has 1 amide bonds. The van der Waals surface area contributed by atoms with Crippen LogP contribution in [-0.4, -0.2) is 25.9 Å². The second kappa shape index (κ2) is 7.28. The maximum Gasteiger partial charge on any atom is 0.273 e. The van der Waals surface area contributed by atoms with E-state index >= 15 is 0 Å². The normalized spacial score (nSPS) is 10.6. The summed E-state index contributed by atoms with van der Waals surface area (Å²) in [5.74, 6) is -0.270. The van der Waals surface area contributed by atoms with Crippen LogP contribution in [0.5, 0.6) is 0 Å². The molecule has 6 nitrogen and oxygen atoms in total. The molecule has 1 N–H and O–H groups in total. The summed E-state index contributed by atoms with van der Waals surface area (Å²) in [5.41, 5.74) is 4.17. The lowest BCUT2D eigenvalue weighted by Crippen LogP contribution is -2.23. The molecule has 0 atom stereocenters. The molecule has 7 heteroatoms. The van der Waals surface area contributed by atoms with Crippen molar-refractivity contribution in [2.24, 2.45) is 0 Å². The highest BCUT2D eigenvalue weighted by molar-refractivity contribution is 7.08. The zero-order valence-electron chi connectivity index (χ0n) is 13.7. The molecule has 0 aliphatic heterocycles. The number of nitrogens with one attached hydrogen (secondary N) is 1. The van der Waals surface area contributed by atoms with Crippen molar-refractivity contribution in [1.82, 2.24) is 25.3 Å². The van der Waals surface area contributed by atoms with Crippen LogP contribution in [0.2, 0.25) is 0 Å². The Balaban J connectivity index is 1.43. The molecule has 0 fully saturated rings. The van der Waals surface area contributed by atoms with Gasteiger partial charge in [0.15, 0.2) is 5.69 Å². The van der Waals surface area contributed by atoms with Crippen molar-refractivity contribution < 1.29 is 4.79 Å². The Morgan fingerprint density at radius 2 is 1.96 bits per heavy atom. The molecule has 0 radical (unpaired) electrons. The molecule has 3 aromatic heterocycles. The van der Waals surface area contributed by atoms with E-state index in [2.05, 4.69) is 25.9 Å². The van der Waals surface area contributed by atoms with Crippen molar-refractivity contribution in [3.8, 4) is 16.8 Å². The van der Waals surface area contributed by atoms with Gasteiger partial charge in [0.2, 0.25) is 0 Å². The quantitative estimate of drug-likeness (QED) is 0.592. The van der Waals surface area contributed by atoms with Crippen molar-refractivity contribution in [2.75, 3.05) is 0 Å². The average molecular weight is 361 g/mol. The molecule has 3 heterocycles. The standard InChI is InChI=1S/C19H15N5OS/c25-19(18-12-22-24(23-18)17-4-2-1-3-5-17)21-10-14-8-16(11-20-9-14)15-6-7-26-13-15/h1-9,11-13H,10H2,(H,21,25). The number of aromatic nitrogens is 4. The molecule has 0 aliphatic rings. The van der Waals surface area contributed by atoms with Crippen LogP contribution in [0.4, 0.5) is 0 Å². The van der Waals surface area contributed by atoms with E-state index in [9.17, 15) is 4.79 Å². The van der Waals surface area contributed by atoms with Gasteiger partial charge in [-0.1, -0.05) is 18.2 Å². The third-order valence-electron chi connectivity index (χ3n) is 3.81. The number of benzene rings is 1. The highest BCUT2D eigenvalue weighted by Gasteiger charge is 2.11. The summed E-state index contributed by atoms with van der Waals surface area (Å²) in [6.45, 7) is 0.377. The van der Waals surface area contributed by atoms with Crippen LogP contribution in [0.1, 0.15) is 16.1 Å². The zero-order valence-corrected chi connectivity index (χ0v) is 14.6. The Kier molecular flexibility index (Phi) is 4.53. The molecular weight excluding hydrogens is 346 g/mol. The summed E-state index contributed by atoms with van der Waals surface area (Å²) < 4.78 is 0. The Hall–Kier alpha value is -3.32. The van der Waals surface area contributed by atoms with Gasteiger partial charge >= 0.3 is 0 Å². The predicted molar refractivity (Wildman–Crippen MR) is 100 cm³/mol. The molecule has 4 rings (SSSR count). The minimum absolute atomic E-state index is 0.270. The Morgan fingerprint density at radius 1 is 1.08 bits per heavy atom. The molecule has 0 unspecified atom stereocenters. The first-order chi connectivity index (χ1) is 12.8. The van der Waals surface area contributed by atoms with E-state index in [1.165, 1.54) is 11.0 Å². The maximum atomic E-state index is 12.3. The molecule has 0 aliphatic carbocycles. The summed E-state index contributed by atoms with van der Waals surface area (Å²) in [5, 5.41) is 15.3. The second-order valence-corrected chi connectivity index (χ2v) is 6.41. The molecule has 0 spiro atoms. The summed E-state index contributed by atoms with van der Waals surface area (Å²) in [6, 6.07) is 13.5. The minimum atomic E-state index is -0.270. The van der Waals surface area contributed by atoms with Crippen LogP contribution in [-0.2, 0) is 6.54 Å². The van der Waals surface area contributed by atoms with Gasteiger partial charge in [0.1, 0.15) is 0 Å². The number of thiophene rings is 1. The van der Waals surface area contributed by atoms with Crippen molar-refractivity contribution in [1.29, 1.82) is 0 Å². The lowest BCUT2D eigenvalue weighted by atomic mass is 10.1. The number of nitrogens with zero attached hydrogens (tertiary/aromatic N) is 4. The summed E-state index contributed by atoms with van der Waals surface area (Å²) in [7, 11) is 0. The Bertz CT molecular complexity index is 1010. The smallest absolute Gasteiger partial charge is 0.273 e. The van der Waals surface area contributed by atoms with Gasteiger partial charge in [-0.25, -0.2) is 0 Å². The van der Waals surface area contributed by atoms with Gasteiger partial charge in [0.25, 0.3) is 5.91 Å². The molecular formula is C19H15N5OS. The first-order valence-corrected chi connectivity index (χ1v) is 8.96. The van der Waals surface area contributed by atoms with Gasteiger partial charge in [-0.3, -0.25) is 9.78 Å². The van der Waals surface area contributed by atoms with E-state index in [1.54, 1.807) is 17.5 Å². The van der Waals surface area contributed by atoms with Crippen molar-refractivity contribution in [2.45, 2.75) is 6.54 Å². The first-order valence-electron chi connectivity index (χ1n) is 8.02. The number of rotatable bonds is 5. The third kappa shape index (κ3) is 3.52. The predicted octanol–water partition coefficient (Wildman–Crippen LogP) is 3.32. The van der Waals surface area contributed by atoms with Gasteiger partial charge in [-0.2, -0.15) is 21.2 Å². The van der Waals surface area contributed by atoms with Crippen LogP contribution < -0.4 is 5.32 Å². The fourth-order valence-electron chi connectivity index (χ4n) is 2.50. The van der Waals surface area contributed by atoms with Gasteiger partial charge in [0, 0.05) is 24.5 Å². The topological polar surface area (TPSA) is 72.7 Å². The van der Waals surface area contributed by atoms with Gasteiger partial charge in [0.05, 0.1) is 11.9 Å². The average Bonchev–Trinajstić information content (AvgIpc) is 3.39. The minimum Gasteiger partial charge on any atom is -0.346 e. The highest BCUT2D eigenvalue weighted by Crippen LogP contribution is 2.21. The number of amides is 1. The van der Waals surface area contributed by atoms with Crippen LogP contribution in [0, 0.1) is 0 Å². The van der Waals surface area contributed by atoms with E-state index in [4.69, 9.17) is 0 Å². The zero-order chi connectivity index (χ0) is 17.8. The lowest BCUT2D eigenvalue weighted by molar-refractivity contribution is 0.0945. The molecule has 4 aromatic rings. The van der Waals surface area contributed by atoms with Crippen molar-refractivity contribution in [3.05, 3.63) is 83.1 Å². The largest absolute Gasteiger partial charge is 0.346 e. The fraction of sp³-hybridized carbons (Fsp3) is 0.0526. The van der Waals surface area contributed by atoms with Gasteiger partial charge in [-0.05, 0) is 46.2 Å². The molecule has 0 bridgehead atoms. The Morgan fingerprint density at radius 3 is 2.77 bits per heavy atom. The number of carbonyl (C=O) groups is 1. The Labute approximate surface area is 154 Å². The third-order valence-corrected chi connectivity index (χ3v) is 4.50. The number of pyridine rings is 1.